The Bertz CT molecular complexity index is 1340. The minimum atomic E-state index is -0.819. The molecule has 1 aromatic heterocycles. The number of pyridine rings is 1. The van der Waals surface area contributed by atoms with E-state index in [0.29, 0.717) is 11.1 Å². The van der Waals surface area contributed by atoms with Gasteiger partial charge in [0.2, 0.25) is 5.43 Å². The lowest BCUT2D eigenvalue weighted by Gasteiger charge is -2.43. The number of hydrogen-bond donors (Lipinski definition) is 1. The summed E-state index contributed by atoms with van der Waals surface area (Å²) in [7, 11) is 0. The molecular weight excluding hydrogens is 432 g/mol. The van der Waals surface area contributed by atoms with Crippen LogP contribution in [-0.2, 0) is 0 Å². The largest absolute Gasteiger partial charge is 0.502 e. The maximum Gasteiger partial charge on any atom is 0.278 e. The van der Waals surface area contributed by atoms with Gasteiger partial charge in [0.25, 0.3) is 5.91 Å². The van der Waals surface area contributed by atoms with Crippen LogP contribution in [0.2, 0.25) is 0 Å². The van der Waals surface area contributed by atoms with Crippen molar-refractivity contribution in [3.8, 4) is 11.5 Å². The molecule has 5 rings (SSSR count). The number of fused-ring (bicyclic) bond motifs is 5. The van der Waals surface area contributed by atoms with Crippen molar-refractivity contribution >= 4 is 5.91 Å². The van der Waals surface area contributed by atoms with Crippen molar-refractivity contribution in [1.82, 2.24) is 9.58 Å². The molecule has 33 heavy (non-hydrogen) atoms. The lowest BCUT2D eigenvalue weighted by atomic mass is 9.96. The molecule has 2 bridgehead atoms. The minimum absolute atomic E-state index is 0.00595. The highest BCUT2D eigenvalue weighted by Gasteiger charge is 2.37. The summed E-state index contributed by atoms with van der Waals surface area (Å²) in [4.78, 5) is 26.7. The number of amides is 1. The summed E-state index contributed by atoms with van der Waals surface area (Å²) in [5.74, 6) is -2.31. The van der Waals surface area contributed by atoms with Crippen molar-refractivity contribution in [1.29, 1.82) is 0 Å². The molecule has 168 valence electrons. The molecule has 1 atom stereocenters. The number of para-hydroxylation sites is 1. The molecule has 2 aliphatic heterocycles. The highest BCUT2D eigenvalue weighted by Crippen LogP contribution is 2.38. The zero-order valence-electron chi connectivity index (χ0n) is 17.3. The van der Waals surface area contributed by atoms with E-state index in [2.05, 4.69) is 0 Å². The fourth-order valence-corrected chi connectivity index (χ4v) is 4.22. The molecule has 7 nitrogen and oxygen atoms in total. The van der Waals surface area contributed by atoms with Crippen LogP contribution in [0, 0.1) is 11.6 Å². The maximum atomic E-state index is 14.9. The average Bonchev–Trinajstić information content (AvgIpc) is 2.82. The first kappa shape index (κ1) is 20.7. The van der Waals surface area contributed by atoms with Gasteiger partial charge in [0.1, 0.15) is 25.1 Å². The van der Waals surface area contributed by atoms with Gasteiger partial charge in [0, 0.05) is 24.4 Å². The summed E-state index contributed by atoms with van der Waals surface area (Å²) in [6.07, 6.45) is 4.71. The van der Waals surface area contributed by atoms with Gasteiger partial charge in [-0.15, -0.1) is 0 Å². The Labute approximate surface area is 187 Å². The monoisotopic (exact) mass is 451 g/mol. The molecule has 0 saturated carbocycles. The van der Waals surface area contributed by atoms with E-state index in [1.54, 1.807) is 29.3 Å². The van der Waals surface area contributed by atoms with Gasteiger partial charge in [-0.1, -0.05) is 30.3 Å². The summed E-state index contributed by atoms with van der Waals surface area (Å²) >= 11 is 0. The fraction of sp³-hybridized carbons (Fsp3) is 0.167. The smallest absolute Gasteiger partial charge is 0.278 e. The number of aromatic nitrogens is 1. The van der Waals surface area contributed by atoms with E-state index in [0.717, 1.165) is 6.07 Å². The van der Waals surface area contributed by atoms with E-state index in [9.17, 15) is 23.5 Å². The number of carbonyl (C=O) groups is 1. The Kier molecular flexibility index (Phi) is 5.08. The molecule has 2 aliphatic rings. The number of carbonyl (C=O) groups excluding carboxylic acids is 1. The Balaban J connectivity index is 1.83. The molecule has 3 aromatic rings. The predicted molar refractivity (Wildman–Crippen MR) is 116 cm³/mol. The summed E-state index contributed by atoms with van der Waals surface area (Å²) < 4.78 is 36.3. The van der Waals surface area contributed by atoms with Gasteiger partial charge >= 0.3 is 0 Å². The quantitative estimate of drug-likeness (QED) is 0.576. The lowest BCUT2D eigenvalue weighted by molar-refractivity contribution is 0.0701. The zero-order valence-corrected chi connectivity index (χ0v) is 17.3. The molecule has 3 heterocycles. The third-order valence-electron chi connectivity index (χ3n) is 5.71. The summed E-state index contributed by atoms with van der Waals surface area (Å²) in [6.45, 7) is 0.243. The Morgan fingerprint density at radius 1 is 1.03 bits per heavy atom. The van der Waals surface area contributed by atoms with Crippen molar-refractivity contribution < 1.29 is 23.4 Å². The van der Waals surface area contributed by atoms with E-state index in [1.165, 1.54) is 46.1 Å². The summed E-state index contributed by atoms with van der Waals surface area (Å²) in [5, 5.41) is 12.1. The number of benzene rings is 2. The molecule has 0 saturated heterocycles. The third kappa shape index (κ3) is 3.51. The van der Waals surface area contributed by atoms with Crippen molar-refractivity contribution in [2.24, 2.45) is 0 Å². The second-order valence-corrected chi connectivity index (χ2v) is 7.73. The first-order valence-electron chi connectivity index (χ1n) is 10.3. The van der Waals surface area contributed by atoms with Gasteiger partial charge in [-0.3, -0.25) is 19.3 Å². The number of ether oxygens (including phenoxy) is 1. The van der Waals surface area contributed by atoms with E-state index >= 15 is 0 Å². The fourth-order valence-electron chi connectivity index (χ4n) is 4.22. The number of nitrogens with zero attached hydrogens (tertiary/aromatic N) is 3. The highest BCUT2D eigenvalue weighted by molar-refractivity contribution is 5.96. The number of aromatic hydroxyl groups is 1. The number of hydrogen-bond acceptors (Lipinski definition) is 5. The average molecular weight is 451 g/mol. The summed E-state index contributed by atoms with van der Waals surface area (Å²) in [5.41, 5.74) is -0.0551. The number of rotatable bonds is 1. The van der Waals surface area contributed by atoms with E-state index in [-0.39, 0.29) is 31.3 Å². The Hall–Kier alpha value is -4.14. The minimum Gasteiger partial charge on any atom is -0.502 e. The Morgan fingerprint density at radius 2 is 1.85 bits per heavy atom. The van der Waals surface area contributed by atoms with Crippen LogP contribution in [0.15, 0.2) is 71.7 Å². The van der Waals surface area contributed by atoms with Crippen molar-refractivity contribution in [3.63, 3.8) is 0 Å². The van der Waals surface area contributed by atoms with Crippen molar-refractivity contribution in [3.05, 3.63) is 106 Å². The molecule has 1 amide bonds. The van der Waals surface area contributed by atoms with Crippen LogP contribution in [0.3, 0.4) is 0 Å². The van der Waals surface area contributed by atoms with Gasteiger partial charge < -0.3 is 14.7 Å². The summed E-state index contributed by atoms with van der Waals surface area (Å²) in [6, 6.07) is 10.6. The molecule has 0 unspecified atom stereocenters. The Morgan fingerprint density at radius 3 is 2.67 bits per heavy atom. The third-order valence-corrected chi connectivity index (χ3v) is 5.71. The SMILES string of the molecule is O=C1c2c(O)c(=O)ccn2N2CN1C/C=C\COc1c(F)cccc1[C@H]2c1cccc(F)c1. The van der Waals surface area contributed by atoms with E-state index in [4.69, 9.17) is 4.74 Å². The maximum absolute atomic E-state index is 14.9. The molecule has 0 radical (unpaired) electrons. The van der Waals surface area contributed by atoms with Crippen LogP contribution in [0.1, 0.15) is 27.7 Å². The van der Waals surface area contributed by atoms with Crippen LogP contribution < -0.4 is 15.2 Å². The van der Waals surface area contributed by atoms with Gasteiger partial charge in [-0.25, -0.2) is 8.78 Å². The van der Waals surface area contributed by atoms with Crippen LogP contribution in [0.5, 0.6) is 11.5 Å². The first-order chi connectivity index (χ1) is 16.0. The van der Waals surface area contributed by atoms with Gasteiger partial charge in [-0.2, -0.15) is 0 Å². The molecule has 9 heteroatoms. The van der Waals surface area contributed by atoms with Crippen LogP contribution in [-0.4, -0.2) is 40.4 Å². The molecule has 0 aliphatic carbocycles. The van der Waals surface area contributed by atoms with E-state index < -0.39 is 34.8 Å². The molecule has 0 spiro atoms. The van der Waals surface area contributed by atoms with Crippen molar-refractivity contribution in [2.45, 2.75) is 6.04 Å². The molecule has 1 N–H and O–H groups in total. The van der Waals surface area contributed by atoms with Gasteiger partial charge in [0.15, 0.2) is 23.0 Å². The van der Waals surface area contributed by atoms with Crippen LogP contribution in [0.25, 0.3) is 0 Å². The normalized spacial score (nSPS) is 18.6. The highest BCUT2D eigenvalue weighted by atomic mass is 19.1. The van der Waals surface area contributed by atoms with Gasteiger partial charge in [0.05, 0.1) is 0 Å². The zero-order chi connectivity index (χ0) is 23.1. The number of halogens is 2. The second kappa shape index (κ2) is 8.09. The molecular formula is C24H19F2N3O4. The lowest BCUT2D eigenvalue weighted by Crippen LogP contribution is -2.55. The van der Waals surface area contributed by atoms with Crippen LogP contribution in [0.4, 0.5) is 8.78 Å². The predicted octanol–water partition coefficient (Wildman–Crippen LogP) is 2.92. The molecule has 0 fully saturated rings. The second-order valence-electron chi connectivity index (χ2n) is 7.73. The van der Waals surface area contributed by atoms with Gasteiger partial charge in [-0.05, 0) is 29.8 Å². The standard InChI is InChI=1S/C24H19F2N3O4/c25-16-6-3-5-15(13-16)20-17-7-4-8-18(26)23(17)33-12-2-1-10-27-14-29(20)28-11-9-19(30)22(31)21(28)24(27)32/h1-9,11,13,20,31H,10,12,14H2/b2-1-/t20-/m1/s1. The van der Waals surface area contributed by atoms with Crippen molar-refractivity contribution in [2.75, 3.05) is 24.8 Å². The van der Waals surface area contributed by atoms with Crippen LogP contribution >= 0.6 is 0 Å². The molecule has 2 aromatic carbocycles. The van der Waals surface area contributed by atoms with E-state index in [1.807, 2.05) is 0 Å². The first-order valence-corrected chi connectivity index (χ1v) is 10.3. The topological polar surface area (TPSA) is 75.0 Å².